The molecule has 2 amide bonds. The van der Waals surface area contributed by atoms with Crippen molar-refractivity contribution >= 4 is 29.1 Å². The summed E-state index contributed by atoms with van der Waals surface area (Å²) in [7, 11) is 0. The van der Waals surface area contributed by atoms with E-state index in [2.05, 4.69) is 0 Å². The number of quaternary nitrogens is 1. The molecule has 118 valence electrons. The zero-order valence-corrected chi connectivity index (χ0v) is 13.6. The Balaban J connectivity index is 1.70. The Bertz CT molecular complexity index is 743. The van der Waals surface area contributed by atoms with Crippen LogP contribution in [0.5, 0.6) is 0 Å². The number of nitrogens with zero attached hydrogens (tertiary/aromatic N) is 1. The molecule has 2 N–H and O–H groups in total. The van der Waals surface area contributed by atoms with Crippen molar-refractivity contribution in [3.05, 3.63) is 64.7 Å². The van der Waals surface area contributed by atoms with E-state index in [-0.39, 0.29) is 24.3 Å². The Labute approximate surface area is 140 Å². The molecule has 0 aromatic heterocycles. The lowest BCUT2D eigenvalue weighted by Gasteiger charge is -2.14. The van der Waals surface area contributed by atoms with Crippen LogP contribution in [-0.4, -0.2) is 17.9 Å². The molecular formula is C18H18ClN2O2+. The lowest BCUT2D eigenvalue weighted by molar-refractivity contribution is -0.690. The highest BCUT2D eigenvalue weighted by Crippen LogP contribution is 2.22. The number of amides is 2. The number of carbonyl (C=O) groups is 2. The third-order valence-corrected chi connectivity index (χ3v) is 4.24. The summed E-state index contributed by atoms with van der Waals surface area (Å²) in [5.41, 5.74) is 2.77. The minimum absolute atomic E-state index is 0.147. The van der Waals surface area contributed by atoms with Gasteiger partial charge in [-0.1, -0.05) is 41.4 Å². The van der Waals surface area contributed by atoms with E-state index in [0.29, 0.717) is 17.3 Å². The number of imide groups is 1. The van der Waals surface area contributed by atoms with Crippen LogP contribution >= 0.6 is 11.6 Å². The van der Waals surface area contributed by atoms with E-state index in [1.54, 1.807) is 0 Å². The van der Waals surface area contributed by atoms with Crippen molar-refractivity contribution in [2.45, 2.75) is 25.9 Å². The summed E-state index contributed by atoms with van der Waals surface area (Å²) in [6.45, 7) is 2.59. The van der Waals surface area contributed by atoms with Crippen molar-refractivity contribution in [3.8, 4) is 0 Å². The second kappa shape index (κ2) is 6.52. The molecule has 2 aromatic carbocycles. The molecule has 1 aliphatic heterocycles. The maximum absolute atomic E-state index is 12.5. The van der Waals surface area contributed by atoms with Crippen LogP contribution in [0.2, 0.25) is 5.02 Å². The first-order valence-electron chi connectivity index (χ1n) is 7.56. The molecule has 2 aromatic rings. The van der Waals surface area contributed by atoms with Gasteiger partial charge >= 0.3 is 0 Å². The van der Waals surface area contributed by atoms with Gasteiger partial charge in [-0.3, -0.25) is 9.59 Å². The first-order valence-corrected chi connectivity index (χ1v) is 7.93. The molecule has 0 spiro atoms. The van der Waals surface area contributed by atoms with Gasteiger partial charge in [0.05, 0.1) is 12.1 Å². The Kier molecular flexibility index (Phi) is 4.46. The molecule has 1 saturated heterocycles. The van der Waals surface area contributed by atoms with E-state index >= 15 is 0 Å². The highest BCUT2D eigenvalue weighted by Gasteiger charge is 2.42. The fourth-order valence-electron chi connectivity index (χ4n) is 2.75. The van der Waals surface area contributed by atoms with Gasteiger partial charge in [-0.25, -0.2) is 4.90 Å². The van der Waals surface area contributed by atoms with E-state index in [1.165, 1.54) is 4.90 Å². The summed E-state index contributed by atoms with van der Waals surface area (Å²) in [6, 6.07) is 14.6. The molecule has 0 unspecified atom stereocenters. The van der Waals surface area contributed by atoms with Crippen LogP contribution in [0.1, 0.15) is 17.5 Å². The second-order valence-electron chi connectivity index (χ2n) is 5.78. The van der Waals surface area contributed by atoms with Crippen molar-refractivity contribution < 1.29 is 14.9 Å². The number of hydrogen-bond donors (Lipinski definition) is 1. The zero-order chi connectivity index (χ0) is 16.4. The minimum Gasteiger partial charge on any atom is -0.332 e. The molecule has 0 bridgehead atoms. The van der Waals surface area contributed by atoms with Gasteiger partial charge in [0.1, 0.15) is 6.54 Å². The Morgan fingerprint density at radius 2 is 1.91 bits per heavy atom. The van der Waals surface area contributed by atoms with Crippen molar-refractivity contribution in [1.29, 1.82) is 0 Å². The SMILES string of the molecule is Cc1ccc(N2C(=O)C[C@@H]([NH2+]Cc3cccc(Cl)c3)C2=O)cc1. The Morgan fingerprint density at radius 1 is 1.17 bits per heavy atom. The highest BCUT2D eigenvalue weighted by molar-refractivity contribution is 6.30. The fraction of sp³-hybridized carbons (Fsp3) is 0.222. The molecule has 23 heavy (non-hydrogen) atoms. The van der Waals surface area contributed by atoms with Crippen LogP contribution in [0.15, 0.2) is 48.5 Å². The van der Waals surface area contributed by atoms with E-state index in [4.69, 9.17) is 11.6 Å². The molecule has 1 fully saturated rings. The van der Waals surface area contributed by atoms with E-state index < -0.39 is 0 Å². The molecule has 3 rings (SSSR count). The normalized spacial score (nSPS) is 17.8. The number of carbonyl (C=O) groups excluding carboxylic acids is 2. The van der Waals surface area contributed by atoms with Crippen LogP contribution in [0.25, 0.3) is 0 Å². The van der Waals surface area contributed by atoms with Crippen LogP contribution in [0, 0.1) is 6.92 Å². The smallest absolute Gasteiger partial charge is 0.292 e. The molecule has 1 aliphatic rings. The summed E-state index contributed by atoms with van der Waals surface area (Å²) in [6.07, 6.45) is 0.229. The topological polar surface area (TPSA) is 54.0 Å². The molecule has 1 heterocycles. The predicted molar refractivity (Wildman–Crippen MR) is 89.2 cm³/mol. The number of halogens is 1. The number of hydrogen-bond acceptors (Lipinski definition) is 2. The molecule has 1 atom stereocenters. The Morgan fingerprint density at radius 3 is 2.61 bits per heavy atom. The van der Waals surface area contributed by atoms with Gasteiger partial charge in [-0.05, 0) is 31.2 Å². The molecule has 0 aliphatic carbocycles. The first kappa shape index (κ1) is 15.7. The molecule has 5 heteroatoms. The number of aryl methyl sites for hydroxylation is 1. The average Bonchev–Trinajstić information content (AvgIpc) is 2.81. The van der Waals surface area contributed by atoms with Gasteiger partial charge in [0.15, 0.2) is 6.04 Å². The second-order valence-corrected chi connectivity index (χ2v) is 6.22. The lowest BCUT2D eigenvalue weighted by Crippen LogP contribution is -2.90. The number of anilines is 1. The van der Waals surface area contributed by atoms with Crippen molar-refractivity contribution in [2.75, 3.05) is 4.90 Å². The maximum atomic E-state index is 12.5. The van der Waals surface area contributed by atoms with Crippen molar-refractivity contribution in [2.24, 2.45) is 0 Å². The number of nitrogens with two attached hydrogens (primary N) is 1. The predicted octanol–water partition coefficient (Wildman–Crippen LogP) is 2.04. The molecule has 4 nitrogen and oxygen atoms in total. The molecule has 0 saturated carbocycles. The standard InChI is InChI=1S/C18H17ClN2O2/c1-12-5-7-15(8-6-12)21-17(22)10-16(18(21)23)20-11-13-3-2-4-14(19)9-13/h2-9,16,20H,10-11H2,1H3/p+1/t16-/m1/s1. The van der Waals surface area contributed by atoms with Crippen LogP contribution in [0.4, 0.5) is 5.69 Å². The summed E-state index contributed by atoms with van der Waals surface area (Å²) in [5, 5.41) is 2.58. The quantitative estimate of drug-likeness (QED) is 0.873. The highest BCUT2D eigenvalue weighted by atomic mass is 35.5. The van der Waals surface area contributed by atoms with Gasteiger partial charge in [-0.2, -0.15) is 0 Å². The minimum atomic E-state index is -0.372. The van der Waals surface area contributed by atoms with Gasteiger partial charge in [0.2, 0.25) is 5.91 Å². The summed E-state index contributed by atoms with van der Waals surface area (Å²) < 4.78 is 0. The summed E-state index contributed by atoms with van der Waals surface area (Å²) in [5.74, 6) is -0.299. The van der Waals surface area contributed by atoms with Crippen molar-refractivity contribution in [1.82, 2.24) is 0 Å². The fourth-order valence-corrected chi connectivity index (χ4v) is 2.96. The lowest BCUT2D eigenvalue weighted by atomic mass is 10.2. The van der Waals surface area contributed by atoms with Crippen LogP contribution in [0.3, 0.4) is 0 Å². The Hall–Kier alpha value is -2.17. The van der Waals surface area contributed by atoms with E-state index in [0.717, 1.165) is 11.1 Å². The third-order valence-electron chi connectivity index (χ3n) is 4.00. The van der Waals surface area contributed by atoms with Crippen LogP contribution in [-0.2, 0) is 16.1 Å². The van der Waals surface area contributed by atoms with Gasteiger partial charge in [0, 0.05) is 10.6 Å². The maximum Gasteiger partial charge on any atom is 0.292 e. The van der Waals surface area contributed by atoms with Gasteiger partial charge in [-0.15, -0.1) is 0 Å². The van der Waals surface area contributed by atoms with Gasteiger partial charge in [0.25, 0.3) is 5.91 Å². The van der Waals surface area contributed by atoms with Gasteiger partial charge < -0.3 is 5.32 Å². The summed E-state index contributed by atoms with van der Waals surface area (Å²) >= 11 is 5.96. The molecular weight excluding hydrogens is 312 g/mol. The molecule has 0 radical (unpaired) electrons. The average molecular weight is 330 g/mol. The third kappa shape index (κ3) is 3.44. The zero-order valence-electron chi connectivity index (χ0n) is 12.8. The van der Waals surface area contributed by atoms with E-state index in [1.807, 2.05) is 60.8 Å². The number of rotatable bonds is 4. The monoisotopic (exact) mass is 329 g/mol. The van der Waals surface area contributed by atoms with Crippen LogP contribution < -0.4 is 10.2 Å². The van der Waals surface area contributed by atoms with Crippen molar-refractivity contribution in [3.63, 3.8) is 0 Å². The first-order chi connectivity index (χ1) is 11.0. The summed E-state index contributed by atoms with van der Waals surface area (Å²) in [4.78, 5) is 26.0. The number of benzene rings is 2. The van der Waals surface area contributed by atoms with E-state index in [9.17, 15) is 9.59 Å². The largest absolute Gasteiger partial charge is 0.332 e.